The summed E-state index contributed by atoms with van der Waals surface area (Å²) in [6, 6.07) is 7.93. The van der Waals surface area contributed by atoms with E-state index >= 15 is 0 Å². The Morgan fingerprint density at radius 2 is 1.69 bits per heavy atom. The second-order valence-corrected chi connectivity index (χ2v) is 2.73. The standard InChI is InChI=1S/C9H11ClO.C2H6/c1-8-2-4-9(5-3-8)11-7-6-10;1-2/h2-5H,6-7H2,1H3;1-2H3. The van der Waals surface area contributed by atoms with Crippen molar-refractivity contribution >= 4 is 11.6 Å². The molecule has 1 rings (SSSR count). The van der Waals surface area contributed by atoms with Crippen LogP contribution >= 0.6 is 11.6 Å². The van der Waals surface area contributed by atoms with Crippen LogP contribution in [0.3, 0.4) is 0 Å². The lowest BCUT2D eigenvalue weighted by Crippen LogP contribution is -1.97. The molecule has 0 aromatic heterocycles. The smallest absolute Gasteiger partial charge is 0.119 e. The van der Waals surface area contributed by atoms with Crippen LogP contribution in [-0.4, -0.2) is 12.5 Å². The van der Waals surface area contributed by atoms with Crippen molar-refractivity contribution < 1.29 is 4.74 Å². The van der Waals surface area contributed by atoms with E-state index in [0.29, 0.717) is 12.5 Å². The number of rotatable bonds is 3. The Labute approximate surface area is 85.7 Å². The molecule has 1 aromatic carbocycles. The highest BCUT2D eigenvalue weighted by molar-refractivity contribution is 6.17. The number of benzene rings is 1. The van der Waals surface area contributed by atoms with Gasteiger partial charge in [0.25, 0.3) is 0 Å². The number of alkyl halides is 1. The van der Waals surface area contributed by atoms with Gasteiger partial charge >= 0.3 is 0 Å². The first kappa shape index (κ1) is 12.3. The number of hydrogen-bond donors (Lipinski definition) is 0. The van der Waals surface area contributed by atoms with E-state index in [4.69, 9.17) is 16.3 Å². The summed E-state index contributed by atoms with van der Waals surface area (Å²) in [7, 11) is 0. The molecule has 1 nitrogen and oxygen atoms in total. The summed E-state index contributed by atoms with van der Waals surface area (Å²) >= 11 is 5.46. The molecule has 0 atom stereocenters. The van der Waals surface area contributed by atoms with Gasteiger partial charge in [0.15, 0.2) is 0 Å². The van der Waals surface area contributed by atoms with Gasteiger partial charge in [0.1, 0.15) is 12.4 Å². The molecule has 1 aromatic rings. The average Bonchev–Trinajstić information content (AvgIpc) is 2.20. The number of halogens is 1. The highest BCUT2D eigenvalue weighted by Crippen LogP contribution is 2.10. The van der Waals surface area contributed by atoms with Gasteiger partial charge in [-0.05, 0) is 19.1 Å². The molecule has 0 saturated carbocycles. The molecule has 0 aliphatic carbocycles. The Bertz CT molecular complexity index is 206. The molecule has 0 radical (unpaired) electrons. The molecule has 0 heterocycles. The maximum Gasteiger partial charge on any atom is 0.119 e. The van der Waals surface area contributed by atoms with Crippen LogP contribution in [0.2, 0.25) is 0 Å². The minimum Gasteiger partial charge on any atom is -0.492 e. The van der Waals surface area contributed by atoms with Crippen molar-refractivity contribution in [2.24, 2.45) is 0 Å². The van der Waals surface area contributed by atoms with Crippen molar-refractivity contribution in [2.75, 3.05) is 12.5 Å². The van der Waals surface area contributed by atoms with Gasteiger partial charge in [0.2, 0.25) is 0 Å². The van der Waals surface area contributed by atoms with Gasteiger partial charge in [-0.1, -0.05) is 31.5 Å². The zero-order valence-corrected chi connectivity index (χ0v) is 9.27. The predicted molar refractivity (Wildman–Crippen MR) is 58.7 cm³/mol. The van der Waals surface area contributed by atoms with Gasteiger partial charge in [-0.25, -0.2) is 0 Å². The van der Waals surface area contributed by atoms with E-state index in [0.717, 1.165) is 5.75 Å². The maximum atomic E-state index is 5.46. The van der Waals surface area contributed by atoms with Gasteiger partial charge in [-0.15, -0.1) is 11.6 Å². The Morgan fingerprint density at radius 3 is 2.15 bits per heavy atom. The topological polar surface area (TPSA) is 9.23 Å². The fourth-order valence-corrected chi connectivity index (χ4v) is 0.868. The van der Waals surface area contributed by atoms with Crippen LogP contribution in [0.15, 0.2) is 24.3 Å². The Morgan fingerprint density at radius 1 is 1.15 bits per heavy atom. The van der Waals surface area contributed by atoms with Gasteiger partial charge in [0, 0.05) is 0 Å². The predicted octanol–water partition coefficient (Wildman–Crippen LogP) is 3.64. The van der Waals surface area contributed by atoms with E-state index in [1.807, 2.05) is 45.0 Å². The summed E-state index contributed by atoms with van der Waals surface area (Å²) in [6.07, 6.45) is 0. The summed E-state index contributed by atoms with van der Waals surface area (Å²) < 4.78 is 5.28. The molecule has 0 amide bonds. The van der Waals surface area contributed by atoms with Gasteiger partial charge < -0.3 is 4.74 Å². The largest absolute Gasteiger partial charge is 0.492 e. The molecular weight excluding hydrogens is 184 g/mol. The summed E-state index contributed by atoms with van der Waals surface area (Å²) in [4.78, 5) is 0. The first-order valence-electron chi connectivity index (χ1n) is 4.58. The first-order chi connectivity index (χ1) is 6.33. The van der Waals surface area contributed by atoms with Crippen molar-refractivity contribution in [3.05, 3.63) is 29.8 Å². The molecule has 13 heavy (non-hydrogen) atoms. The van der Waals surface area contributed by atoms with Crippen LogP contribution in [0, 0.1) is 6.92 Å². The van der Waals surface area contributed by atoms with Crippen LogP contribution < -0.4 is 4.74 Å². The van der Waals surface area contributed by atoms with Gasteiger partial charge in [-0.2, -0.15) is 0 Å². The second kappa shape index (κ2) is 7.93. The molecule has 0 aliphatic heterocycles. The zero-order chi connectivity index (χ0) is 10.1. The SMILES string of the molecule is CC.Cc1ccc(OCCCl)cc1. The molecule has 0 saturated heterocycles. The third kappa shape index (κ3) is 5.53. The van der Waals surface area contributed by atoms with Gasteiger partial charge in [-0.3, -0.25) is 0 Å². The highest BCUT2D eigenvalue weighted by Gasteiger charge is 1.90. The Balaban J connectivity index is 0.000000671. The monoisotopic (exact) mass is 200 g/mol. The van der Waals surface area contributed by atoms with Crippen LogP contribution in [-0.2, 0) is 0 Å². The minimum atomic E-state index is 0.536. The molecule has 0 bridgehead atoms. The van der Waals surface area contributed by atoms with E-state index in [9.17, 15) is 0 Å². The highest BCUT2D eigenvalue weighted by atomic mass is 35.5. The molecule has 0 fully saturated rings. The first-order valence-corrected chi connectivity index (χ1v) is 5.12. The van der Waals surface area contributed by atoms with E-state index in [2.05, 4.69) is 0 Å². The summed E-state index contributed by atoms with van der Waals surface area (Å²) in [5, 5.41) is 0. The third-order valence-corrected chi connectivity index (χ3v) is 1.52. The fourth-order valence-electron chi connectivity index (χ4n) is 0.791. The fraction of sp³-hybridized carbons (Fsp3) is 0.455. The number of hydrogen-bond acceptors (Lipinski definition) is 1. The lowest BCUT2D eigenvalue weighted by atomic mass is 10.2. The van der Waals surface area contributed by atoms with E-state index in [1.165, 1.54) is 5.56 Å². The maximum absolute atomic E-state index is 5.46. The van der Waals surface area contributed by atoms with E-state index < -0.39 is 0 Å². The molecule has 0 unspecified atom stereocenters. The van der Waals surface area contributed by atoms with Crippen molar-refractivity contribution in [3.8, 4) is 5.75 Å². The minimum absolute atomic E-state index is 0.536. The summed E-state index contributed by atoms with van der Waals surface area (Å²) in [6.45, 7) is 6.62. The van der Waals surface area contributed by atoms with Crippen molar-refractivity contribution in [1.29, 1.82) is 0 Å². The van der Waals surface area contributed by atoms with Crippen LogP contribution in [0.25, 0.3) is 0 Å². The molecular formula is C11H17ClO. The quantitative estimate of drug-likeness (QED) is 0.677. The lowest BCUT2D eigenvalue weighted by molar-refractivity contribution is 0.342. The Hall–Kier alpha value is -0.690. The normalized spacial score (nSPS) is 8.62. The summed E-state index contributed by atoms with van der Waals surface area (Å²) in [5.41, 5.74) is 1.24. The average molecular weight is 201 g/mol. The molecule has 0 aliphatic rings. The molecule has 0 N–H and O–H groups in total. The van der Waals surface area contributed by atoms with Crippen LogP contribution in [0.1, 0.15) is 19.4 Å². The zero-order valence-electron chi connectivity index (χ0n) is 8.51. The van der Waals surface area contributed by atoms with E-state index in [1.54, 1.807) is 0 Å². The lowest BCUT2D eigenvalue weighted by Gasteiger charge is -2.02. The Kier molecular flexibility index (Phi) is 7.51. The van der Waals surface area contributed by atoms with Crippen LogP contribution in [0.4, 0.5) is 0 Å². The van der Waals surface area contributed by atoms with Crippen LogP contribution in [0.5, 0.6) is 5.75 Å². The molecule has 0 spiro atoms. The molecule has 74 valence electrons. The van der Waals surface area contributed by atoms with E-state index in [-0.39, 0.29) is 0 Å². The van der Waals surface area contributed by atoms with Crippen molar-refractivity contribution in [1.82, 2.24) is 0 Å². The third-order valence-electron chi connectivity index (χ3n) is 1.37. The second-order valence-electron chi connectivity index (χ2n) is 2.35. The number of aryl methyl sites for hydroxylation is 1. The summed E-state index contributed by atoms with van der Waals surface area (Å²) in [5.74, 6) is 1.42. The van der Waals surface area contributed by atoms with Crippen molar-refractivity contribution in [3.63, 3.8) is 0 Å². The number of ether oxygens (including phenoxy) is 1. The van der Waals surface area contributed by atoms with Gasteiger partial charge in [0.05, 0.1) is 5.88 Å². The molecule has 2 heteroatoms. The van der Waals surface area contributed by atoms with Crippen molar-refractivity contribution in [2.45, 2.75) is 20.8 Å².